The highest BCUT2D eigenvalue weighted by Gasteiger charge is 2.01. The highest BCUT2D eigenvalue weighted by molar-refractivity contribution is 5.16. The van der Waals surface area contributed by atoms with Crippen LogP contribution in [0.4, 0.5) is 0 Å². The molecule has 0 bridgehead atoms. The average Bonchev–Trinajstić information content (AvgIpc) is 2.56. The van der Waals surface area contributed by atoms with Crippen LogP contribution in [0.15, 0.2) is 72.9 Å². The first-order valence-electron chi connectivity index (χ1n) is 7.26. The van der Waals surface area contributed by atoms with Crippen LogP contribution in [-0.2, 0) is 12.8 Å². The quantitative estimate of drug-likeness (QED) is 0.719. The summed E-state index contributed by atoms with van der Waals surface area (Å²) in [4.78, 5) is 2.21. The first-order valence-corrected chi connectivity index (χ1v) is 7.26. The second-order valence-electron chi connectivity index (χ2n) is 4.95. The number of hydrogen-bond donors (Lipinski definition) is 0. The normalized spacial score (nSPS) is 10.4. The molecular formula is C19H20N2. The fourth-order valence-electron chi connectivity index (χ4n) is 2.23. The van der Waals surface area contributed by atoms with Crippen molar-refractivity contribution in [3.8, 4) is 6.07 Å². The van der Waals surface area contributed by atoms with E-state index in [4.69, 9.17) is 5.26 Å². The van der Waals surface area contributed by atoms with Gasteiger partial charge in [0.25, 0.3) is 0 Å². The van der Waals surface area contributed by atoms with E-state index in [1.165, 1.54) is 11.1 Å². The van der Waals surface area contributed by atoms with Crippen molar-refractivity contribution < 1.29 is 0 Å². The minimum absolute atomic E-state index is 0.926. The molecule has 0 aliphatic rings. The molecule has 0 radical (unpaired) electrons. The Morgan fingerprint density at radius 3 is 1.71 bits per heavy atom. The predicted molar refractivity (Wildman–Crippen MR) is 86.6 cm³/mol. The lowest BCUT2D eigenvalue weighted by Gasteiger charge is -2.20. The fourth-order valence-corrected chi connectivity index (χ4v) is 2.23. The molecule has 0 N–H and O–H groups in total. The van der Waals surface area contributed by atoms with Gasteiger partial charge in [0.05, 0.1) is 6.07 Å². The highest BCUT2D eigenvalue weighted by Crippen LogP contribution is 2.05. The molecule has 0 saturated carbocycles. The van der Waals surface area contributed by atoms with Crippen LogP contribution in [-0.4, -0.2) is 18.0 Å². The third-order valence-corrected chi connectivity index (χ3v) is 3.42. The zero-order chi connectivity index (χ0) is 14.8. The summed E-state index contributed by atoms with van der Waals surface area (Å²) in [5.74, 6) is 0. The number of allylic oxidation sites excluding steroid dienone is 1. The van der Waals surface area contributed by atoms with Crippen LogP contribution in [0.5, 0.6) is 0 Å². The van der Waals surface area contributed by atoms with Gasteiger partial charge in [-0.1, -0.05) is 60.7 Å². The molecule has 2 rings (SSSR count). The Labute approximate surface area is 127 Å². The van der Waals surface area contributed by atoms with E-state index in [-0.39, 0.29) is 0 Å². The number of rotatable bonds is 7. The Bertz CT molecular complexity index is 538. The summed E-state index contributed by atoms with van der Waals surface area (Å²) in [5.41, 5.74) is 2.65. The van der Waals surface area contributed by atoms with Crippen molar-refractivity contribution in [3.05, 3.63) is 84.1 Å². The van der Waals surface area contributed by atoms with Gasteiger partial charge in [-0.15, -0.1) is 0 Å². The van der Waals surface area contributed by atoms with Crippen molar-refractivity contribution >= 4 is 0 Å². The molecule has 21 heavy (non-hydrogen) atoms. The van der Waals surface area contributed by atoms with Gasteiger partial charge < -0.3 is 4.90 Å². The van der Waals surface area contributed by atoms with Crippen molar-refractivity contribution in [1.29, 1.82) is 5.26 Å². The van der Waals surface area contributed by atoms with E-state index in [2.05, 4.69) is 59.5 Å². The van der Waals surface area contributed by atoms with E-state index in [9.17, 15) is 0 Å². The maximum absolute atomic E-state index is 8.72. The van der Waals surface area contributed by atoms with Crippen LogP contribution >= 0.6 is 0 Å². The second kappa shape index (κ2) is 8.60. The van der Waals surface area contributed by atoms with Crippen LogP contribution in [0.1, 0.15) is 11.1 Å². The van der Waals surface area contributed by atoms with E-state index in [1.54, 1.807) is 6.08 Å². The Kier molecular flexibility index (Phi) is 6.09. The van der Waals surface area contributed by atoms with Gasteiger partial charge in [-0.2, -0.15) is 5.26 Å². The largest absolute Gasteiger partial charge is 0.376 e. The maximum Gasteiger partial charge on any atom is 0.0927 e. The van der Waals surface area contributed by atoms with Gasteiger partial charge in [-0.3, -0.25) is 0 Å². The molecule has 0 fully saturated rings. The Morgan fingerprint density at radius 1 is 0.810 bits per heavy atom. The van der Waals surface area contributed by atoms with E-state index < -0.39 is 0 Å². The van der Waals surface area contributed by atoms with Crippen molar-refractivity contribution in [2.75, 3.05) is 13.1 Å². The van der Waals surface area contributed by atoms with Gasteiger partial charge in [-0.05, 0) is 24.0 Å². The van der Waals surface area contributed by atoms with Crippen LogP contribution in [0, 0.1) is 11.3 Å². The Balaban J connectivity index is 1.89. The molecule has 0 spiro atoms. The molecule has 0 amide bonds. The summed E-state index contributed by atoms with van der Waals surface area (Å²) in [7, 11) is 0. The molecule has 0 unspecified atom stereocenters. The summed E-state index contributed by atoms with van der Waals surface area (Å²) in [6.07, 6.45) is 5.43. The van der Waals surface area contributed by atoms with Gasteiger partial charge >= 0.3 is 0 Å². The minimum atomic E-state index is 0.926. The molecule has 0 atom stereocenters. The topological polar surface area (TPSA) is 27.0 Å². The lowest BCUT2D eigenvalue weighted by molar-refractivity contribution is 0.384. The van der Waals surface area contributed by atoms with Crippen LogP contribution in [0.3, 0.4) is 0 Å². The number of nitriles is 1. The molecule has 0 aromatic heterocycles. The lowest BCUT2D eigenvalue weighted by Crippen LogP contribution is -2.23. The third-order valence-electron chi connectivity index (χ3n) is 3.42. The van der Waals surface area contributed by atoms with Crippen molar-refractivity contribution in [2.45, 2.75) is 12.8 Å². The SMILES string of the molecule is N#CC=CN(CCc1ccccc1)CCc1ccccc1. The summed E-state index contributed by atoms with van der Waals surface area (Å²) in [5, 5.41) is 8.72. The first kappa shape index (κ1) is 14.9. The maximum atomic E-state index is 8.72. The monoisotopic (exact) mass is 276 g/mol. The minimum Gasteiger partial charge on any atom is -0.376 e. The van der Waals surface area contributed by atoms with Gasteiger partial charge in [0.2, 0.25) is 0 Å². The molecule has 2 nitrogen and oxygen atoms in total. The molecule has 0 aliphatic heterocycles. The van der Waals surface area contributed by atoms with Crippen LogP contribution in [0.25, 0.3) is 0 Å². The van der Waals surface area contributed by atoms with Crippen molar-refractivity contribution in [3.63, 3.8) is 0 Å². The summed E-state index contributed by atoms with van der Waals surface area (Å²) < 4.78 is 0. The Hall–Kier alpha value is -2.53. The van der Waals surface area contributed by atoms with Gasteiger partial charge in [0.1, 0.15) is 0 Å². The molecule has 0 saturated heterocycles. The second-order valence-corrected chi connectivity index (χ2v) is 4.95. The lowest BCUT2D eigenvalue weighted by atomic mass is 10.1. The standard InChI is InChI=1S/C19H20N2/c20-14-7-15-21(16-12-18-8-3-1-4-9-18)17-13-19-10-5-2-6-11-19/h1-11,15H,12-13,16-17H2. The van der Waals surface area contributed by atoms with Crippen LogP contribution < -0.4 is 0 Å². The molecule has 2 aromatic rings. The Morgan fingerprint density at radius 2 is 1.29 bits per heavy atom. The number of nitrogens with zero attached hydrogens (tertiary/aromatic N) is 2. The zero-order valence-corrected chi connectivity index (χ0v) is 12.2. The van der Waals surface area contributed by atoms with Gasteiger partial charge in [0.15, 0.2) is 0 Å². The van der Waals surface area contributed by atoms with Gasteiger partial charge in [0, 0.05) is 25.4 Å². The first-order chi connectivity index (χ1) is 10.4. The van der Waals surface area contributed by atoms with Crippen molar-refractivity contribution in [1.82, 2.24) is 4.90 Å². The van der Waals surface area contributed by atoms with E-state index in [0.717, 1.165) is 25.9 Å². The molecule has 0 heterocycles. The van der Waals surface area contributed by atoms with Crippen LogP contribution in [0.2, 0.25) is 0 Å². The molecule has 2 heteroatoms. The summed E-state index contributed by atoms with van der Waals surface area (Å²) in [6.45, 7) is 1.85. The van der Waals surface area contributed by atoms with Gasteiger partial charge in [-0.25, -0.2) is 0 Å². The summed E-state index contributed by atoms with van der Waals surface area (Å²) >= 11 is 0. The number of benzene rings is 2. The fraction of sp³-hybridized carbons (Fsp3) is 0.211. The molecule has 0 aliphatic carbocycles. The highest BCUT2D eigenvalue weighted by atomic mass is 15.1. The van der Waals surface area contributed by atoms with E-state index >= 15 is 0 Å². The number of hydrogen-bond acceptors (Lipinski definition) is 2. The average molecular weight is 276 g/mol. The van der Waals surface area contributed by atoms with E-state index in [1.807, 2.05) is 18.3 Å². The molecule has 106 valence electrons. The third kappa shape index (κ3) is 5.54. The molecule has 2 aromatic carbocycles. The zero-order valence-electron chi connectivity index (χ0n) is 12.2. The molecular weight excluding hydrogens is 256 g/mol. The van der Waals surface area contributed by atoms with E-state index in [0.29, 0.717) is 0 Å². The smallest absolute Gasteiger partial charge is 0.0927 e. The summed E-state index contributed by atoms with van der Waals surface area (Å²) in [6, 6.07) is 23.0. The predicted octanol–water partition coefficient (Wildman–Crippen LogP) is 3.81. The van der Waals surface area contributed by atoms with Crippen molar-refractivity contribution in [2.24, 2.45) is 0 Å².